The van der Waals surface area contributed by atoms with Crippen molar-refractivity contribution in [3.63, 3.8) is 0 Å². The number of unbranched alkanes of at least 4 members (excludes halogenated alkanes) is 1. The van der Waals surface area contributed by atoms with Gasteiger partial charge < -0.3 is 15.1 Å². The normalized spacial score (nSPS) is 11.1. The number of halogens is 2. The number of carbonyl (C=O) groups excluding carboxylic acids is 1. The van der Waals surface area contributed by atoms with Crippen molar-refractivity contribution in [1.29, 1.82) is 0 Å². The quantitative estimate of drug-likeness (QED) is 0.364. The fraction of sp³-hybridized carbons (Fsp3) is 0.417. The van der Waals surface area contributed by atoms with Gasteiger partial charge in [0, 0.05) is 42.8 Å². The molecule has 2 heterocycles. The standard InChI is InChI=1S/C24H31Cl2N7O/c1-5-6-11-27-24(34)31-22-17(20-18(25)9-7-10-19(20)26)14-16-15-28-23(30-21(16)29-22)33(4)13-8-12-32(2)3/h7,9-10,14-15H,5-6,8,11-13H2,1-4H3,(H2,27,28,29,30,31,34). The first-order chi connectivity index (χ1) is 16.3. The zero-order valence-corrected chi connectivity index (χ0v) is 21.5. The molecular formula is C24H31Cl2N7O. The first-order valence-corrected chi connectivity index (χ1v) is 12.1. The van der Waals surface area contributed by atoms with E-state index >= 15 is 0 Å². The van der Waals surface area contributed by atoms with Crippen molar-refractivity contribution in [3.8, 4) is 11.1 Å². The van der Waals surface area contributed by atoms with Crippen LogP contribution in [-0.2, 0) is 0 Å². The number of urea groups is 1. The van der Waals surface area contributed by atoms with Gasteiger partial charge in [0.05, 0.1) is 10.0 Å². The van der Waals surface area contributed by atoms with Gasteiger partial charge in [-0.1, -0.05) is 42.6 Å². The Morgan fingerprint density at radius 1 is 1.06 bits per heavy atom. The third-order valence-corrected chi connectivity index (χ3v) is 5.91. The Kier molecular flexibility index (Phi) is 9.27. The van der Waals surface area contributed by atoms with Gasteiger partial charge in [0.25, 0.3) is 0 Å². The number of benzene rings is 1. The molecule has 34 heavy (non-hydrogen) atoms. The van der Waals surface area contributed by atoms with E-state index in [2.05, 4.69) is 37.4 Å². The second-order valence-corrected chi connectivity index (χ2v) is 9.19. The van der Waals surface area contributed by atoms with Gasteiger partial charge in [0.1, 0.15) is 5.82 Å². The second kappa shape index (κ2) is 12.1. The van der Waals surface area contributed by atoms with Crippen LogP contribution in [0.4, 0.5) is 16.6 Å². The van der Waals surface area contributed by atoms with Crippen LogP contribution in [0, 0.1) is 0 Å². The molecule has 3 rings (SSSR count). The van der Waals surface area contributed by atoms with E-state index in [4.69, 9.17) is 23.2 Å². The molecule has 2 amide bonds. The van der Waals surface area contributed by atoms with Crippen LogP contribution in [0.3, 0.4) is 0 Å². The van der Waals surface area contributed by atoms with Crippen molar-refractivity contribution < 1.29 is 4.79 Å². The third kappa shape index (κ3) is 6.68. The van der Waals surface area contributed by atoms with Gasteiger partial charge in [-0.15, -0.1) is 0 Å². The molecule has 10 heteroatoms. The highest BCUT2D eigenvalue weighted by molar-refractivity contribution is 6.39. The van der Waals surface area contributed by atoms with Crippen LogP contribution in [0.25, 0.3) is 22.2 Å². The topological polar surface area (TPSA) is 86.3 Å². The second-order valence-electron chi connectivity index (χ2n) is 8.38. The van der Waals surface area contributed by atoms with Crippen LogP contribution in [0.15, 0.2) is 30.5 Å². The number of aromatic nitrogens is 3. The molecule has 2 aromatic heterocycles. The molecule has 2 N–H and O–H groups in total. The van der Waals surface area contributed by atoms with Gasteiger partial charge in [-0.05, 0) is 51.7 Å². The maximum Gasteiger partial charge on any atom is 0.320 e. The first kappa shape index (κ1) is 25.9. The number of anilines is 2. The summed E-state index contributed by atoms with van der Waals surface area (Å²) in [4.78, 5) is 30.5. The predicted molar refractivity (Wildman–Crippen MR) is 141 cm³/mol. The Morgan fingerprint density at radius 2 is 1.79 bits per heavy atom. The van der Waals surface area contributed by atoms with Crippen LogP contribution in [-0.4, -0.2) is 66.7 Å². The molecule has 3 aromatic rings. The lowest BCUT2D eigenvalue weighted by molar-refractivity contribution is 0.252. The number of nitrogens with zero attached hydrogens (tertiary/aromatic N) is 5. The van der Waals surface area contributed by atoms with E-state index in [-0.39, 0.29) is 6.03 Å². The number of hydrogen-bond donors (Lipinski definition) is 2. The monoisotopic (exact) mass is 503 g/mol. The minimum absolute atomic E-state index is 0.330. The summed E-state index contributed by atoms with van der Waals surface area (Å²) in [6, 6.07) is 6.78. The fourth-order valence-corrected chi connectivity index (χ4v) is 4.03. The molecule has 182 valence electrons. The molecule has 0 aliphatic rings. The number of fused-ring (bicyclic) bond motifs is 1. The van der Waals surface area contributed by atoms with Crippen molar-refractivity contribution >= 4 is 52.0 Å². The maximum atomic E-state index is 12.6. The molecule has 0 spiro atoms. The van der Waals surface area contributed by atoms with Crippen LogP contribution in [0.1, 0.15) is 26.2 Å². The summed E-state index contributed by atoms with van der Waals surface area (Å²) in [5, 5.41) is 7.34. The highest BCUT2D eigenvalue weighted by Gasteiger charge is 2.18. The molecular weight excluding hydrogens is 473 g/mol. The summed E-state index contributed by atoms with van der Waals surface area (Å²) in [6.45, 7) is 4.42. The van der Waals surface area contributed by atoms with E-state index in [0.717, 1.165) is 32.4 Å². The van der Waals surface area contributed by atoms with E-state index in [1.54, 1.807) is 24.4 Å². The minimum atomic E-state index is -0.347. The number of amides is 2. The van der Waals surface area contributed by atoms with Gasteiger partial charge in [0.15, 0.2) is 5.65 Å². The Balaban J connectivity index is 1.99. The molecule has 1 aromatic carbocycles. The number of carbonyl (C=O) groups is 1. The summed E-state index contributed by atoms with van der Waals surface area (Å²) in [5.74, 6) is 0.900. The number of hydrogen-bond acceptors (Lipinski definition) is 6. The Hall–Kier alpha value is -2.68. The van der Waals surface area contributed by atoms with Crippen LogP contribution >= 0.6 is 23.2 Å². The van der Waals surface area contributed by atoms with Gasteiger partial charge >= 0.3 is 6.03 Å². The minimum Gasteiger partial charge on any atom is -0.344 e. The Bertz CT molecular complexity index is 1120. The summed E-state index contributed by atoms with van der Waals surface area (Å²) in [6.07, 6.45) is 4.58. The zero-order chi connectivity index (χ0) is 24.7. The van der Waals surface area contributed by atoms with Crippen LogP contribution in [0.5, 0.6) is 0 Å². The molecule has 8 nitrogen and oxygen atoms in total. The predicted octanol–water partition coefficient (Wildman–Crippen LogP) is 5.31. The van der Waals surface area contributed by atoms with E-state index < -0.39 is 0 Å². The number of nitrogens with one attached hydrogen (secondary N) is 2. The summed E-state index contributed by atoms with van der Waals surface area (Å²) < 4.78 is 0. The van der Waals surface area contributed by atoms with Crippen molar-refractivity contribution in [2.24, 2.45) is 0 Å². The average molecular weight is 504 g/mol. The van der Waals surface area contributed by atoms with Gasteiger partial charge in [-0.2, -0.15) is 4.98 Å². The first-order valence-electron chi connectivity index (χ1n) is 11.3. The fourth-order valence-electron chi connectivity index (χ4n) is 3.43. The van der Waals surface area contributed by atoms with E-state index in [0.29, 0.717) is 50.5 Å². The van der Waals surface area contributed by atoms with Crippen molar-refractivity contribution in [1.82, 2.24) is 25.2 Å². The molecule has 0 atom stereocenters. The SMILES string of the molecule is CCCCNC(=O)Nc1nc2nc(N(C)CCCN(C)C)ncc2cc1-c1c(Cl)cccc1Cl. The molecule has 0 aliphatic carbocycles. The zero-order valence-electron chi connectivity index (χ0n) is 20.0. The summed E-state index contributed by atoms with van der Waals surface area (Å²) >= 11 is 13.0. The lowest BCUT2D eigenvalue weighted by Gasteiger charge is -2.19. The summed E-state index contributed by atoms with van der Waals surface area (Å²) in [5.41, 5.74) is 1.67. The highest BCUT2D eigenvalue weighted by Crippen LogP contribution is 2.39. The smallest absolute Gasteiger partial charge is 0.320 e. The van der Waals surface area contributed by atoms with Crippen molar-refractivity contribution in [2.45, 2.75) is 26.2 Å². The van der Waals surface area contributed by atoms with Crippen molar-refractivity contribution in [3.05, 3.63) is 40.5 Å². The molecule has 0 saturated carbocycles. The average Bonchev–Trinajstić information content (AvgIpc) is 2.78. The third-order valence-electron chi connectivity index (χ3n) is 5.28. The van der Waals surface area contributed by atoms with Crippen LogP contribution in [0.2, 0.25) is 10.0 Å². The van der Waals surface area contributed by atoms with E-state index in [1.807, 2.05) is 32.1 Å². The van der Waals surface area contributed by atoms with Gasteiger partial charge in [-0.3, -0.25) is 5.32 Å². The van der Waals surface area contributed by atoms with Gasteiger partial charge in [0.2, 0.25) is 5.95 Å². The van der Waals surface area contributed by atoms with E-state index in [1.165, 1.54) is 0 Å². The molecule has 0 fully saturated rings. The lowest BCUT2D eigenvalue weighted by atomic mass is 10.0. The van der Waals surface area contributed by atoms with Crippen LogP contribution < -0.4 is 15.5 Å². The Morgan fingerprint density at radius 3 is 2.47 bits per heavy atom. The largest absolute Gasteiger partial charge is 0.344 e. The molecule has 0 saturated heterocycles. The lowest BCUT2D eigenvalue weighted by Crippen LogP contribution is -2.30. The molecule has 0 bridgehead atoms. The molecule has 0 radical (unpaired) electrons. The molecule has 0 aliphatic heterocycles. The van der Waals surface area contributed by atoms with Crippen molar-refractivity contribution in [2.75, 3.05) is 51.0 Å². The Labute approximate surface area is 210 Å². The number of rotatable bonds is 10. The summed E-state index contributed by atoms with van der Waals surface area (Å²) in [7, 11) is 6.05. The highest BCUT2D eigenvalue weighted by atomic mass is 35.5. The number of pyridine rings is 1. The maximum absolute atomic E-state index is 12.6. The van der Waals surface area contributed by atoms with Gasteiger partial charge in [-0.25, -0.2) is 14.8 Å². The molecule has 0 unspecified atom stereocenters. The van der Waals surface area contributed by atoms with E-state index in [9.17, 15) is 4.79 Å².